The van der Waals surface area contributed by atoms with Gasteiger partial charge in [0, 0.05) is 18.3 Å². The van der Waals surface area contributed by atoms with Gasteiger partial charge >= 0.3 is 0 Å². The van der Waals surface area contributed by atoms with Crippen LogP contribution < -0.4 is 0 Å². The van der Waals surface area contributed by atoms with Gasteiger partial charge in [-0.3, -0.25) is 4.79 Å². The summed E-state index contributed by atoms with van der Waals surface area (Å²) in [5.74, 6) is 1.92. The van der Waals surface area contributed by atoms with Crippen molar-refractivity contribution in [1.29, 1.82) is 0 Å². The molecular formula is C21H32O2. The third-order valence-electron chi connectivity index (χ3n) is 8.86. The van der Waals surface area contributed by atoms with Crippen molar-refractivity contribution in [3.63, 3.8) is 0 Å². The van der Waals surface area contributed by atoms with Gasteiger partial charge in [-0.1, -0.05) is 25.5 Å². The topological polar surface area (TPSA) is 37.3 Å². The van der Waals surface area contributed by atoms with E-state index in [2.05, 4.69) is 26.8 Å². The second-order valence-corrected chi connectivity index (χ2v) is 9.34. The van der Waals surface area contributed by atoms with Crippen LogP contribution in [0, 0.1) is 28.6 Å². The van der Waals surface area contributed by atoms with Crippen LogP contribution in [0.25, 0.3) is 0 Å². The highest BCUT2D eigenvalue weighted by atomic mass is 16.3. The maximum Gasteiger partial charge on any atom is 0.133 e. The lowest BCUT2D eigenvalue weighted by atomic mass is 9.43. The SMILES string of the molecule is CC=C1CCC2C3CCC4CC(=O)CC[C@]4(C)[C@@]3(O)CC[C@]12C. The summed E-state index contributed by atoms with van der Waals surface area (Å²) in [5, 5.41) is 11.9. The van der Waals surface area contributed by atoms with E-state index in [0.29, 0.717) is 41.8 Å². The van der Waals surface area contributed by atoms with Crippen molar-refractivity contribution in [1.82, 2.24) is 0 Å². The Kier molecular flexibility index (Phi) is 3.41. The lowest BCUT2D eigenvalue weighted by Crippen LogP contribution is -2.65. The molecule has 1 N–H and O–H groups in total. The van der Waals surface area contributed by atoms with Gasteiger partial charge < -0.3 is 5.11 Å². The summed E-state index contributed by atoms with van der Waals surface area (Å²) < 4.78 is 0. The second-order valence-electron chi connectivity index (χ2n) is 9.34. The third-order valence-corrected chi connectivity index (χ3v) is 8.86. The summed E-state index contributed by atoms with van der Waals surface area (Å²) >= 11 is 0. The Morgan fingerprint density at radius 3 is 2.57 bits per heavy atom. The minimum Gasteiger partial charge on any atom is -0.389 e. The Morgan fingerprint density at radius 2 is 1.83 bits per heavy atom. The molecular weight excluding hydrogens is 284 g/mol. The van der Waals surface area contributed by atoms with Crippen LogP contribution in [0.15, 0.2) is 11.6 Å². The molecule has 4 rings (SSSR count). The molecule has 0 radical (unpaired) electrons. The van der Waals surface area contributed by atoms with Gasteiger partial charge in [0.1, 0.15) is 5.78 Å². The van der Waals surface area contributed by atoms with E-state index in [-0.39, 0.29) is 5.41 Å². The van der Waals surface area contributed by atoms with Crippen LogP contribution in [0.5, 0.6) is 0 Å². The van der Waals surface area contributed by atoms with Crippen molar-refractivity contribution in [2.45, 2.75) is 84.2 Å². The number of hydrogen-bond donors (Lipinski definition) is 1. The fourth-order valence-electron chi connectivity index (χ4n) is 7.31. The molecule has 4 saturated carbocycles. The van der Waals surface area contributed by atoms with Gasteiger partial charge in [-0.15, -0.1) is 0 Å². The lowest BCUT2D eigenvalue weighted by molar-refractivity contribution is -0.227. The third kappa shape index (κ3) is 1.88. The quantitative estimate of drug-likeness (QED) is 0.660. The standard InChI is InChI=1S/C21H32O2/c1-4-14-5-7-17-18-8-6-15-13-16(22)9-10-20(15,3)21(18,23)12-11-19(14,17)2/h4,15,17-18,23H,5-13H2,1-3H3/t15?,17?,18?,19-,20+,21-/m1/s1. The van der Waals surface area contributed by atoms with E-state index in [1.807, 2.05) is 0 Å². The predicted octanol–water partition coefficient (Wildman–Crippen LogP) is 4.66. The van der Waals surface area contributed by atoms with Crippen LogP contribution in [0.2, 0.25) is 0 Å². The van der Waals surface area contributed by atoms with Gasteiger partial charge in [-0.25, -0.2) is 0 Å². The van der Waals surface area contributed by atoms with Gasteiger partial charge in [-0.05, 0) is 75.0 Å². The van der Waals surface area contributed by atoms with Gasteiger partial charge in [-0.2, -0.15) is 0 Å². The zero-order chi connectivity index (χ0) is 16.5. The van der Waals surface area contributed by atoms with E-state index in [4.69, 9.17) is 0 Å². The second kappa shape index (κ2) is 4.94. The molecule has 4 aliphatic rings. The lowest BCUT2D eigenvalue weighted by Gasteiger charge is -2.64. The molecule has 0 bridgehead atoms. The molecule has 4 aliphatic carbocycles. The van der Waals surface area contributed by atoms with Crippen LogP contribution in [0.1, 0.15) is 78.6 Å². The van der Waals surface area contributed by atoms with Crippen LogP contribution >= 0.6 is 0 Å². The Labute approximate surface area is 140 Å². The minimum atomic E-state index is -0.538. The fourth-order valence-corrected chi connectivity index (χ4v) is 7.31. The molecule has 0 saturated heterocycles. The Hall–Kier alpha value is -0.630. The first-order valence-corrected chi connectivity index (χ1v) is 9.75. The van der Waals surface area contributed by atoms with Gasteiger partial charge in [0.05, 0.1) is 5.60 Å². The number of ketones is 1. The molecule has 2 heteroatoms. The predicted molar refractivity (Wildman–Crippen MR) is 92.0 cm³/mol. The minimum absolute atomic E-state index is 0.0379. The molecule has 0 aromatic carbocycles. The number of rotatable bonds is 0. The van der Waals surface area contributed by atoms with Crippen molar-refractivity contribution in [2.24, 2.45) is 28.6 Å². The van der Waals surface area contributed by atoms with Crippen molar-refractivity contribution in [2.75, 3.05) is 0 Å². The van der Waals surface area contributed by atoms with E-state index in [9.17, 15) is 9.90 Å². The first-order chi connectivity index (χ1) is 10.8. The number of carbonyl (C=O) groups is 1. The highest BCUT2D eigenvalue weighted by molar-refractivity contribution is 5.79. The maximum absolute atomic E-state index is 12.0. The van der Waals surface area contributed by atoms with E-state index in [0.717, 1.165) is 32.1 Å². The molecule has 0 amide bonds. The van der Waals surface area contributed by atoms with Crippen LogP contribution in [0.3, 0.4) is 0 Å². The smallest absolute Gasteiger partial charge is 0.133 e. The first-order valence-electron chi connectivity index (χ1n) is 9.75. The van der Waals surface area contributed by atoms with Gasteiger partial charge in [0.15, 0.2) is 0 Å². The Morgan fingerprint density at radius 1 is 1.04 bits per heavy atom. The number of aliphatic hydroxyl groups is 1. The van der Waals surface area contributed by atoms with Crippen LogP contribution in [0.4, 0.5) is 0 Å². The molecule has 6 atom stereocenters. The van der Waals surface area contributed by atoms with Crippen molar-refractivity contribution in [3.8, 4) is 0 Å². The van der Waals surface area contributed by atoms with Crippen LogP contribution in [-0.2, 0) is 4.79 Å². The highest BCUT2D eigenvalue weighted by Gasteiger charge is 2.66. The van der Waals surface area contributed by atoms with Crippen molar-refractivity contribution < 1.29 is 9.90 Å². The summed E-state index contributed by atoms with van der Waals surface area (Å²) in [7, 11) is 0. The number of Topliss-reactive ketones (excluding diaryl/α,β-unsaturated/α-hetero) is 1. The highest BCUT2D eigenvalue weighted by Crippen LogP contribution is 2.68. The monoisotopic (exact) mass is 316 g/mol. The average molecular weight is 316 g/mol. The van der Waals surface area contributed by atoms with E-state index >= 15 is 0 Å². The molecule has 0 aromatic rings. The maximum atomic E-state index is 12.0. The van der Waals surface area contributed by atoms with Crippen molar-refractivity contribution in [3.05, 3.63) is 11.6 Å². The fraction of sp³-hybridized carbons (Fsp3) is 0.857. The van der Waals surface area contributed by atoms with Gasteiger partial charge in [0.2, 0.25) is 0 Å². The molecule has 2 nitrogen and oxygen atoms in total. The zero-order valence-corrected chi connectivity index (χ0v) is 15.0. The number of hydrogen-bond acceptors (Lipinski definition) is 2. The number of carbonyl (C=O) groups excluding carboxylic acids is 1. The summed E-state index contributed by atoms with van der Waals surface area (Å²) in [5.41, 5.74) is 1.38. The molecule has 0 aliphatic heterocycles. The molecule has 0 spiro atoms. The number of fused-ring (bicyclic) bond motifs is 5. The average Bonchev–Trinajstić information content (AvgIpc) is 2.86. The largest absolute Gasteiger partial charge is 0.389 e. The molecule has 0 heterocycles. The molecule has 4 fully saturated rings. The van der Waals surface area contributed by atoms with E-state index in [1.54, 1.807) is 5.57 Å². The molecule has 23 heavy (non-hydrogen) atoms. The first kappa shape index (κ1) is 15.9. The molecule has 128 valence electrons. The summed E-state index contributed by atoms with van der Waals surface area (Å²) in [4.78, 5) is 12.0. The van der Waals surface area contributed by atoms with E-state index < -0.39 is 5.60 Å². The molecule has 0 aromatic heterocycles. The van der Waals surface area contributed by atoms with Crippen LogP contribution in [-0.4, -0.2) is 16.5 Å². The van der Waals surface area contributed by atoms with Crippen molar-refractivity contribution >= 4 is 5.78 Å². The van der Waals surface area contributed by atoms with Gasteiger partial charge in [0.25, 0.3) is 0 Å². The normalized spacial score (nSPS) is 54.5. The summed E-state index contributed by atoms with van der Waals surface area (Å²) in [6.45, 7) is 6.96. The van der Waals surface area contributed by atoms with E-state index in [1.165, 1.54) is 12.8 Å². The Bertz CT molecular complexity index is 564. The summed E-state index contributed by atoms with van der Waals surface area (Å²) in [6, 6.07) is 0. The summed E-state index contributed by atoms with van der Waals surface area (Å²) in [6.07, 6.45) is 11.5. The zero-order valence-electron chi connectivity index (χ0n) is 15.0. The molecule has 3 unspecified atom stereocenters. The number of allylic oxidation sites excluding steroid dienone is 2. The Balaban J connectivity index is 1.72.